The molecule has 23 heavy (non-hydrogen) atoms. The van der Waals surface area contributed by atoms with Gasteiger partial charge in [0, 0.05) is 22.8 Å². The Bertz CT molecular complexity index is 854. The zero-order valence-electron chi connectivity index (χ0n) is 12.7. The van der Waals surface area contributed by atoms with Crippen molar-refractivity contribution in [1.29, 1.82) is 5.26 Å². The van der Waals surface area contributed by atoms with E-state index in [2.05, 4.69) is 10.0 Å². The molecule has 1 aromatic carbocycles. The van der Waals surface area contributed by atoms with Crippen LogP contribution in [0.5, 0.6) is 0 Å². The van der Waals surface area contributed by atoms with Crippen LogP contribution in [0.2, 0.25) is 0 Å². The molecular formula is C15H16FN3O2S2. The largest absolute Gasteiger partial charge is 0.381 e. The molecule has 0 spiro atoms. The van der Waals surface area contributed by atoms with Crippen LogP contribution in [0, 0.1) is 31.0 Å². The molecule has 5 nitrogen and oxygen atoms in total. The highest BCUT2D eigenvalue weighted by Crippen LogP contribution is 2.24. The topological polar surface area (TPSA) is 82.0 Å². The van der Waals surface area contributed by atoms with Crippen molar-refractivity contribution in [2.75, 3.05) is 18.4 Å². The number of benzene rings is 1. The molecule has 0 unspecified atom stereocenters. The Morgan fingerprint density at radius 1 is 1.26 bits per heavy atom. The third kappa shape index (κ3) is 4.28. The quantitative estimate of drug-likeness (QED) is 0.783. The highest BCUT2D eigenvalue weighted by molar-refractivity contribution is 7.89. The molecule has 0 saturated heterocycles. The van der Waals surface area contributed by atoms with Crippen molar-refractivity contribution in [2.24, 2.45) is 0 Å². The Balaban J connectivity index is 1.93. The van der Waals surface area contributed by atoms with Crippen molar-refractivity contribution in [3.05, 3.63) is 45.4 Å². The number of anilines is 1. The summed E-state index contributed by atoms with van der Waals surface area (Å²) in [5, 5.41) is 11.5. The number of rotatable bonds is 6. The van der Waals surface area contributed by atoms with Gasteiger partial charge in [0.2, 0.25) is 10.0 Å². The van der Waals surface area contributed by atoms with Crippen LogP contribution in [0.25, 0.3) is 0 Å². The molecular weight excluding hydrogens is 337 g/mol. The number of nitrogens with one attached hydrogen (secondary N) is 2. The highest BCUT2D eigenvalue weighted by atomic mass is 32.2. The molecule has 2 N–H and O–H groups in total. The standard InChI is InChI=1S/C15H16FN3O2S2/c1-10-7-15(11(2)22-10)23(20,21)19-6-5-18-14-4-3-12(9-17)8-13(14)16/h3-4,7-8,18-19H,5-6H2,1-2H3. The second-order valence-corrected chi connectivity index (χ2v) is 8.10. The fourth-order valence-electron chi connectivity index (χ4n) is 2.06. The van der Waals surface area contributed by atoms with Crippen molar-refractivity contribution in [3.63, 3.8) is 0 Å². The van der Waals surface area contributed by atoms with E-state index in [0.717, 1.165) is 15.8 Å². The van der Waals surface area contributed by atoms with Crippen molar-refractivity contribution >= 4 is 27.0 Å². The minimum Gasteiger partial charge on any atom is -0.381 e. The predicted molar refractivity (Wildman–Crippen MR) is 88.6 cm³/mol. The summed E-state index contributed by atoms with van der Waals surface area (Å²) in [5.74, 6) is -0.545. The van der Waals surface area contributed by atoms with E-state index >= 15 is 0 Å². The summed E-state index contributed by atoms with van der Waals surface area (Å²) in [6, 6.07) is 7.56. The van der Waals surface area contributed by atoms with E-state index in [9.17, 15) is 12.8 Å². The predicted octanol–water partition coefficient (Wildman–Crippen LogP) is 2.77. The summed E-state index contributed by atoms with van der Waals surface area (Å²) >= 11 is 1.43. The second-order valence-electron chi connectivity index (χ2n) is 4.91. The van der Waals surface area contributed by atoms with Crippen molar-refractivity contribution in [1.82, 2.24) is 4.72 Å². The summed E-state index contributed by atoms with van der Waals surface area (Å²) in [6.07, 6.45) is 0. The lowest BCUT2D eigenvalue weighted by Crippen LogP contribution is -2.29. The van der Waals surface area contributed by atoms with Crippen molar-refractivity contribution in [3.8, 4) is 6.07 Å². The number of hydrogen-bond donors (Lipinski definition) is 2. The molecule has 1 aromatic heterocycles. The number of nitriles is 1. The van der Waals surface area contributed by atoms with Gasteiger partial charge in [-0.3, -0.25) is 0 Å². The van der Waals surface area contributed by atoms with Gasteiger partial charge in [0.1, 0.15) is 5.82 Å². The molecule has 122 valence electrons. The van der Waals surface area contributed by atoms with Gasteiger partial charge in [0.05, 0.1) is 22.2 Å². The Hall–Kier alpha value is -1.95. The number of sulfonamides is 1. The average Bonchev–Trinajstić information content (AvgIpc) is 2.84. The SMILES string of the molecule is Cc1cc(S(=O)(=O)NCCNc2ccc(C#N)cc2F)c(C)s1. The highest BCUT2D eigenvalue weighted by Gasteiger charge is 2.18. The van der Waals surface area contributed by atoms with E-state index in [1.165, 1.54) is 23.5 Å². The van der Waals surface area contributed by atoms with Gasteiger partial charge in [-0.15, -0.1) is 11.3 Å². The lowest BCUT2D eigenvalue weighted by atomic mass is 10.2. The van der Waals surface area contributed by atoms with Crippen LogP contribution >= 0.6 is 11.3 Å². The molecule has 0 fully saturated rings. The van der Waals surface area contributed by atoms with Crippen LogP contribution < -0.4 is 10.0 Å². The van der Waals surface area contributed by atoms with E-state index in [1.807, 2.05) is 13.0 Å². The van der Waals surface area contributed by atoms with Crippen molar-refractivity contribution in [2.45, 2.75) is 18.7 Å². The zero-order chi connectivity index (χ0) is 17.0. The maximum Gasteiger partial charge on any atom is 0.241 e. The van der Waals surface area contributed by atoms with Gasteiger partial charge in [-0.25, -0.2) is 17.5 Å². The summed E-state index contributed by atoms with van der Waals surface area (Å²) < 4.78 is 40.5. The summed E-state index contributed by atoms with van der Waals surface area (Å²) in [6.45, 7) is 3.96. The number of halogens is 1. The first-order valence-electron chi connectivity index (χ1n) is 6.83. The van der Waals surface area contributed by atoms with Crippen molar-refractivity contribution < 1.29 is 12.8 Å². The zero-order valence-corrected chi connectivity index (χ0v) is 14.3. The second kappa shape index (κ2) is 7.08. The van der Waals surface area contributed by atoms with Gasteiger partial charge in [-0.2, -0.15) is 5.26 Å². The first-order chi connectivity index (χ1) is 10.8. The smallest absolute Gasteiger partial charge is 0.241 e. The van der Waals surface area contributed by atoms with E-state index in [4.69, 9.17) is 5.26 Å². The van der Waals surface area contributed by atoms with E-state index < -0.39 is 15.8 Å². The molecule has 0 atom stereocenters. The van der Waals surface area contributed by atoms with Gasteiger partial charge in [-0.05, 0) is 38.1 Å². The molecule has 0 amide bonds. The van der Waals surface area contributed by atoms with Gasteiger partial charge in [-0.1, -0.05) is 0 Å². The maximum absolute atomic E-state index is 13.7. The Kier molecular flexibility index (Phi) is 5.36. The first-order valence-corrected chi connectivity index (χ1v) is 9.13. The lowest BCUT2D eigenvalue weighted by Gasteiger charge is -2.09. The fraction of sp³-hybridized carbons (Fsp3) is 0.267. The number of thiophene rings is 1. The van der Waals surface area contributed by atoms with Crippen LogP contribution in [0.3, 0.4) is 0 Å². The summed E-state index contributed by atoms with van der Waals surface area (Å²) in [7, 11) is -3.56. The number of aryl methyl sites for hydroxylation is 2. The van der Waals surface area contributed by atoms with Gasteiger partial charge in [0.25, 0.3) is 0 Å². The molecule has 1 heterocycles. The molecule has 0 aliphatic carbocycles. The molecule has 0 bridgehead atoms. The lowest BCUT2D eigenvalue weighted by molar-refractivity contribution is 0.582. The van der Waals surface area contributed by atoms with Crippen LogP contribution in [-0.2, 0) is 10.0 Å². The Labute approximate surface area is 138 Å². The monoisotopic (exact) mass is 353 g/mol. The Morgan fingerprint density at radius 3 is 2.57 bits per heavy atom. The van der Waals surface area contributed by atoms with Crippen LogP contribution in [0.1, 0.15) is 15.3 Å². The molecule has 2 aromatic rings. The summed E-state index contributed by atoms with van der Waals surface area (Å²) in [5.41, 5.74) is 0.461. The first kappa shape index (κ1) is 17.4. The van der Waals surface area contributed by atoms with Crippen LogP contribution in [0.15, 0.2) is 29.2 Å². The third-order valence-electron chi connectivity index (χ3n) is 3.12. The normalized spacial score (nSPS) is 11.2. The molecule has 0 aliphatic rings. The number of hydrogen-bond acceptors (Lipinski definition) is 5. The summed E-state index contributed by atoms with van der Waals surface area (Å²) in [4.78, 5) is 1.95. The molecule has 2 rings (SSSR count). The minimum absolute atomic E-state index is 0.121. The van der Waals surface area contributed by atoms with Gasteiger partial charge in [0.15, 0.2) is 0 Å². The minimum atomic E-state index is -3.56. The molecule has 0 radical (unpaired) electrons. The van der Waals surface area contributed by atoms with Gasteiger partial charge >= 0.3 is 0 Å². The molecule has 0 aliphatic heterocycles. The van der Waals surface area contributed by atoms with Crippen LogP contribution in [0.4, 0.5) is 10.1 Å². The number of nitrogens with zero attached hydrogens (tertiary/aromatic N) is 1. The molecule has 0 saturated carbocycles. The Morgan fingerprint density at radius 2 is 2.00 bits per heavy atom. The maximum atomic E-state index is 13.7. The van der Waals surface area contributed by atoms with Gasteiger partial charge < -0.3 is 5.32 Å². The van der Waals surface area contributed by atoms with Crippen LogP contribution in [-0.4, -0.2) is 21.5 Å². The van der Waals surface area contributed by atoms with E-state index in [-0.39, 0.29) is 29.2 Å². The molecule has 8 heteroatoms. The third-order valence-corrected chi connectivity index (χ3v) is 5.80. The van der Waals surface area contributed by atoms with E-state index in [0.29, 0.717) is 0 Å². The fourth-order valence-corrected chi connectivity index (χ4v) is 4.65. The van der Waals surface area contributed by atoms with E-state index in [1.54, 1.807) is 13.0 Å². The average molecular weight is 353 g/mol.